The minimum Gasteiger partial charge on any atom is -0.478 e. The average Bonchev–Trinajstić information content (AvgIpc) is 3.31. The lowest BCUT2D eigenvalue weighted by molar-refractivity contribution is 0.0696. The molecule has 1 amide bonds. The number of benzene rings is 1. The summed E-state index contributed by atoms with van der Waals surface area (Å²) >= 11 is 1.44. The molecule has 5 rings (SSSR count). The van der Waals surface area contributed by atoms with Gasteiger partial charge in [0.15, 0.2) is 5.13 Å². The van der Waals surface area contributed by atoms with Gasteiger partial charge in [-0.2, -0.15) is 0 Å². The van der Waals surface area contributed by atoms with Gasteiger partial charge in [-0.05, 0) is 44.0 Å². The van der Waals surface area contributed by atoms with E-state index in [2.05, 4.69) is 15.2 Å². The highest BCUT2D eigenvalue weighted by Crippen LogP contribution is 2.34. The molecule has 3 aromatic rings. The molecule has 1 saturated heterocycles. The highest BCUT2D eigenvalue weighted by atomic mass is 32.1. The number of carboxylic acids is 1. The summed E-state index contributed by atoms with van der Waals surface area (Å²) in [5.74, 6) is -0.996. The molecule has 8 nitrogen and oxygen atoms in total. The molecule has 162 valence electrons. The largest absolute Gasteiger partial charge is 0.478 e. The zero-order valence-electron chi connectivity index (χ0n) is 17.4. The number of hydrogen-bond donors (Lipinski definition) is 3. The van der Waals surface area contributed by atoms with Crippen molar-refractivity contribution in [2.45, 2.75) is 38.3 Å². The molecule has 31 heavy (non-hydrogen) atoms. The molecule has 0 saturated carbocycles. The monoisotopic (exact) mass is 440 g/mol. The van der Waals surface area contributed by atoms with E-state index in [0.29, 0.717) is 37.5 Å². The van der Waals surface area contributed by atoms with Crippen LogP contribution in [0.15, 0.2) is 24.4 Å². The first kappa shape index (κ1) is 20.0. The molecule has 0 radical (unpaired) electrons. The van der Waals surface area contributed by atoms with Crippen LogP contribution in [-0.4, -0.2) is 58.3 Å². The lowest BCUT2D eigenvalue weighted by Gasteiger charge is -2.35. The van der Waals surface area contributed by atoms with Gasteiger partial charge in [-0.25, -0.2) is 9.78 Å². The van der Waals surface area contributed by atoms with Crippen LogP contribution in [0, 0.1) is 0 Å². The Morgan fingerprint density at radius 2 is 2.26 bits per heavy atom. The topological polar surface area (TPSA) is 108 Å². The van der Waals surface area contributed by atoms with E-state index in [0.717, 1.165) is 27.3 Å². The summed E-state index contributed by atoms with van der Waals surface area (Å²) in [5, 5.41) is 14.1. The van der Waals surface area contributed by atoms with Crippen LogP contribution in [0.2, 0.25) is 0 Å². The fraction of sp³-hybridized carbons (Fsp3) is 0.409. The van der Waals surface area contributed by atoms with Crippen LogP contribution in [0.3, 0.4) is 0 Å². The number of hydrogen-bond acceptors (Lipinski definition) is 6. The highest BCUT2D eigenvalue weighted by Gasteiger charge is 2.35. The number of nitrogens with zero attached hydrogens (tertiary/aromatic N) is 2. The predicted molar refractivity (Wildman–Crippen MR) is 118 cm³/mol. The second kappa shape index (κ2) is 7.35. The number of carbonyl (C=O) groups is 2. The number of morpholine rings is 1. The van der Waals surface area contributed by atoms with Crippen molar-refractivity contribution in [2.24, 2.45) is 0 Å². The summed E-state index contributed by atoms with van der Waals surface area (Å²) in [6.07, 6.45) is 3.33. The molecule has 1 aromatic carbocycles. The van der Waals surface area contributed by atoms with E-state index in [1.807, 2.05) is 20.0 Å². The van der Waals surface area contributed by atoms with Gasteiger partial charge < -0.3 is 25.0 Å². The van der Waals surface area contributed by atoms with Crippen molar-refractivity contribution < 1.29 is 19.4 Å². The first-order chi connectivity index (χ1) is 14.8. The summed E-state index contributed by atoms with van der Waals surface area (Å²) in [5.41, 5.74) is 2.78. The van der Waals surface area contributed by atoms with Gasteiger partial charge in [-0.3, -0.25) is 4.79 Å². The Kier molecular flexibility index (Phi) is 4.75. The zero-order valence-corrected chi connectivity index (χ0v) is 18.2. The van der Waals surface area contributed by atoms with Gasteiger partial charge in [-0.15, -0.1) is 0 Å². The Morgan fingerprint density at radius 1 is 1.42 bits per heavy atom. The van der Waals surface area contributed by atoms with Crippen LogP contribution >= 0.6 is 11.3 Å². The summed E-state index contributed by atoms with van der Waals surface area (Å²) < 4.78 is 5.76. The second-order valence-electron chi connectivity index (χ2n) is 8.79. The predicted octanol–water partition coefficient (Wildman–Crippen LogP) is 2.83. The Bertz CT molecular complexity index is 1180. The Labute approximate surface area is 183 Å². The highest BCUT2D eigenvalue weighted by molar-refractivity contribution is 7.17. The zero-order chi connectivity index (χ0) is 21.8. The van der Waals surface area contributed by atoms with E-state index in [1.165, 1.54) is 11.3 Å². The molecule has 1 fully saturated rings. The Morgan fingerprint density at radius 3 is 3.06 bits per heavy atom. The number of thiazole rings is 1. The molecule has 2 aromatic heterocycles. The number of ether oxygens (including phenoxy) is 1. The number of carbonyl (C=O) groups excluding carboxylic acids is 1. The third kappa shape index (κ3) is 3.68. The molecule has 0 spiro atoms. The van der Waals surface area contributed by atoms with Gasteiger partial charge >= 0.3 is 5.97 Å². The second-order valence-corrected chi connectivity index (χ2v) is 9.77. The van der Waals surface area contributed by atoms with Crippen molar-refractivity contribution in [1.29, 1.82) is 0 Å². The lowest BCUT2D eigenvalue weighted by atomic mass is 9.94. The fourth-order valence-corrected chi connectivity index (χ4v) is 5.47. The number of H-pyrrole nitrogens is 1. The van der Waals surface area contributed by atoms with E-state index in [-0.39, 0.29) is 23.1 Å². The number of amides is 1. The molecule has 3 N–H and O–H groups in total. The summed E-state index contributed by atoms with van der Waals surface area (Å²) in [4.78, 5) is 34.9. The number of anilines is 1. The maximum absolute atomic E-state index is 12.5. The van der Waals surface area contributed by atoms with Crippen LogP contribution in [-0.2, 0) is 17.6 Å². The molecule has 0 aliphatic carbocycles. The molecular formula is C22H24N4O4S. The molecular weight excluding hydrogens is 416 g/mol. The fourth-order valence-electron chi connectivity index (χ4n) is 4.40. The Balaban J connectivity index is 1.45. The smallest absolute Gasteiger partial charge is 0.335 e. The van der Waals surface area contributed by atoms with Gasteiger partial charge in [0.2, 0.25) is 0 Å². The molecule has 9 heteroatoms. The molecule has 2 aliphatic heterocycles. The standard InChI is InChI=1S/C22H24N4O4S/c1-22(2)9-17-18(19(27)25-22)31-21(24-17)26-5-6-30-11-14(26)7-13-10-23-16-4-3-12(20(28)29)8-15(13)16/h3-4,8,10,14,23H,5-7,9,11H2,1-2H3,(H,25,27)(H,28,29)/t14-/m0/s1. The van der Waals surface area contributed by atoms with E-state index >= 15 is 0 Å². The maximum Gasteiger partial charge on any atom is 0.335 e. The third-order valence-corrected chi connectivity index (χ3v) is 7.03. The quantitative estimate of drug-likeness (QED) is 0.576. The van der Waals surface area contributed by atoms with Crippen LogP contribution in [0.4, 0.5) is 5.13 Å². The van der Waals surface area contributed by atoms with E-state index < -0.39 is 5.97 Å². The third-order valence-electron chi connectivity index (χ3n) is 5.90. The molecule has 4 heterocycles. The average molecular weight is 441 g/mol. The van der Waals surface area contributed by atoms with Crippen LogP contribution in [0.5, 0.6) is 0 Å². The lowest BCUT2D eigenvalue weighted by Crippen LogP contribution is -2.48. The van der Waals surface area contributed by atoms with E-state index in [1.54, 1.807) is 18.2 Å². The summed E-state index contributed by atoms with van der Waals surface area (Å²) in [7, 11) is 0. The first-order valence-electron chi connectivity index (χ1n) is 10.3. The Hall–Kier alpha value is -2.91. The van der Waals surface area contributed by atoms with Crippen molar-refractivity contribution in [3.63, 3.8) is 0 Å². The number of aromatic amines is 1. The number of carboxylic acid groups (broad SMARTS) is 1. The van der Waals surface area contributed by atoms with Crippen molar-refractivity contribution in [2.75, 3.05) is 24.7 Å². The normalized spacial score (nSPS) is 20.5. The van der Waals surface area contributed by atoms with Gasteiger partial charge in [0, 0.05) is 35.6 Å². The number of aromatic carboxylic acids is 1. The van der Waals surface area contributed by atoms with Gasteiger partial charge in [0.25, 0.3) is 5.91 Å². The maximum atomic E-state index is 12.5. The SMILES string of the molecule is CC1(C)Cc2nc(N3CCOC[C@@H]3Cc3c[nH]c4ccc(C(=O)O)cc34)sc2C(=O)N1. The van der Waals surface area contributed by atoms with Crippen molar-refractivity contribution in [1.82, 2.24) is 15.3 Å². The number of aromatic nitrogens is 2. The van der Waals surface area contributed by atoms with E-state index in [9.17, 15) is 14.7 Å². The van der Waals surface area contributed by atoms with Gasteiger partial charge in [-0.1, -0.05) is 11.3 Å². The molecule has 1 atom stereocenters. The van der Waals surface area contributed by atoms with Crippen LogP contribution in [0.25, 0.3) is 10.9 Å². The van der Waals surface area contributed by atoms with E-state index in [4.69, 9.17) is 9.72 Å². The van der Waals surface area contributed by atoms with Gasteiger partial charge in [0.05, 0.1) is 30.5 Å². The molecule has 0 unspecified atom stereocenters. The van der Waals surface area contributed by atoms with Crippen LogP contribution in [0.1, 0.15) is 45.1 Å². The van der Waals surface area contributed by atoms with Crippen molar-refractivity contribution in [3.05, 3.63) is 46.1 Å². The number of fused-ring (bicyclic) bond motifs is 2. The minimum absolute atomic E-state index is 0.0462. The van der Waals surface area contributed by atoms with Gasteiger partial charge in [0.1, 0.15) is 4.88 Å². The first-order valence-corrected chi connectivity index (χ1v) is 11.1. The van der Waals surface area contributed by atoms with Crippen molar-refractivity contribution >= 4 is 39.2 Å². The van der Waals surface area contributed by atoms with Crippen molar-refractivity contribution in [3.8, 4) is 0 Å². The number of nitrogens with one attached hydrogen (secondary N) is 2. The molecule has 2 aliphatic rings. The number of rotatable bonds is 4. The minimum atomic E-state index is -0.939. The van der Waals surface area contributed by atoms with Crippen LogP contribution < -0.4 is 10.2 Å². The summed E-state index contributed by atoms with van der Waals surface area (Å²) in [6.45, 7) is 5.87. The summed E-state index contributed by atoms with van der Waals surface area (Å²) in [6, 6.07) is 5.16. The molecule has 0 bridgehead atoms.